The highest BCUT2D eigenvalue weighted by Crippen LogP contribution is 2.48. The third kappa shape index (κ3) is 14.3. The number of aryl methyl sites for hydroxylation is 2. The molecule has 15 rings (SSSR count). The summed E-state index contributed by atoms with van der Waals surface area (Å²) in [4.78, 5) is 55.1. The Balaban J connectivity index is 0.000000143. The molecule has 4 N–H and O–H groups in total. The molecule has 2 amide bonds. The molecule has 84 heavy (non-hydrogen) atoms. The number of nitrogens with zero attached hydrogens (tertiary/aromatic N) is 5. The summed E-state index contributed by atoms with van der Waals surface area (Å²) in [5, 5.41) is 22.3. The number of thiophene rings is 3. The first-order chi connectivity index (χ1) is 41.1. The van der Waals surface area contributed by atoms with E-state index in [0.29, 0.717) is 12.2 Å². The van der Waals surface area contributed by atoms with E-state index in [4.69, 9.17) is 28.9 Å². The lowest BCUT2D eigenvalue weighted by atomic mass is 9.96. The number of nitrogen functional groups attached to an aromatic ring is 1. The molecule has 0 aliphatic heterocycles. The fourth-order valence-corrected chi connectivity index (χ4v) is 18.2. The van der Waals surface area contributed by atoms with Crippen molar-refractivity contribution in [3.05, 3.63) is 147 Å². The Hall–Kier alpha value is -7.08. The van der Waals surface area contributed by atoms with E-state index in [0.717, 1.165) is 133 Å². The number of amides is 2. The van der Waals surface area contributed by atoms with E-state index >= 15 is 0 Å². The number of rotatable bonds is 6. The molecule has 0 radical (unpaired) electrons. The maximum Gasteiger partial charge on any atom is 0.221 e. The van der Waals surface area contributed by atoms with Crippen molar-refractivity contribution in [2.24, 2.45) is 0 Å². The van der Waals surface area contributed by atoms with Crippen LogP contribution in [0.3, 0.4) is 0 Å². The second kappa shape index (κ2) is 28.7. The number of nitrogens with two attached hydrogens (primary N) is 1. The predicted molar refractivity (Wildman–Crippen MR) is 365 cm³/mol. The number of ketones is 1. The van der Waals surface area contributed by atoms with Crippen molar-refractivity contribution in [3.8, 4) is 37.8 Å². The molecule has 0 atom stereocenters. The van der Waals surface area contributed by atoms with Gasteiger partial charge in [0, 0.05) is 60.6 Å². The van der Waals surface area contributed by atoms with Gasteiger partial charge in [-0.1, -0.05) is 88.0 Å². The van der Waals surface area contributed by atoms with Crippen LogP contribution >= 0.6 is 79.4 Å². The first-order valence-electron chi connectivity index (χ1n) is 28.5. The molecule has 0 spiro atoms. The van der Waals surface area contributed by atoms with Crippen LogP contribution in [0, 0.1) is 11.3 Å². The number of fused-ring (bicyclic) bond motifs is 7. The number of carbonyl (C=O) groups is 3. The van der Waals surface area contributed by atoms with Gasteiger partial charge in [-0.3, -0.25) is 14.4 Å². The lowest BCUT2D eigenvalue weighted by molar-refractivity contribution is -0.120. The molecule has 11 nitrogen and oxygen atoms in total. The third-order valence-corrected chi connectivity index (χ3v) is 21.7. The van der Waals surface area contributed by atoms with Gasteiger partial charge >= 0.3 is 0 Å². The van der Waals surface area contributed by atoms with Gasteiger partial charge in [-0.05, 0) is 130 Å². The molecule has 3 aliphatic carbocycles. The Morgan fingerprint density at radius 2 is 0.905 bits per heavy atom. The standard InChI is InChI=1S/C17H16N2OS2.C17H12N2OS2.C15H14N2S2.C9H6N2S.C6H10O.2CH4.H2/c2*1-10(20)18-16-15(11-6-2-4-8-13(11)21-16)17-19-12-7-3-5-9-14(12)22-17;16-14-13(9-5-1-3-7-11(9)18-14)15-17-10-6-2-4-8-12(10)19-15;10-6-5-9-11-7-3-1-2-4-8(7)12-9;7-6-4-2-1-3-5-6;;;/h3,5,7,9H,2,4,6,8H2,1H3,(H,18,20);2-9H,1H3,(H,18,20);2,4,6,8H,1,3,5,7,16H2;1-4H,5H2;1-5H2;2*1H4;1H/i;;;;;;;1+1D. The number of para-hydroxylation sites is 4. The van der Waals surface area contributed by atoms with Crippen molar-refractivity contribution in [2.45, 2.75) is 119 Å². The fraction of sp³-hybridized carbons (Fsp3) is 0.273. The molecule has 432 valence electrons. The number of nitriles is 1. The summed E-state index contributed by atoms with van der Waals surface area (Å²) < 4.78 is 15.9. The number of Topliss-reactive ketones (excluding diaryl/α,β-unsaturated/α-hetero) is 1. The van der Waals surface area contributed by atoms with E-state index in [9.17, 15) is 14.4 Å². The topological polar surface area (TPSA) is 177 Å². The lowest BCUT2D eigenvalue weighted by Gasteiger charge is -2.11. The number of anilines is 3. The Morgan fingerprint density at radius 1 is 0.500 bits per heavy atom. The zero-order valence-electron chi connectivity index (χ0n) is 47.3. The maximum atomic E-state index is 11.6. The number of thiazole rings is 4. The smallest absolute Gasteiger partial charge is 0.221 e. The first-order valence-corrected chi connectivity index (χ1v) is 33.2. The molecule has 0 bridgehead atoms. The molecule has 12 aromatic rings. The van der Waals surface area contributed by atoms with Gasteiger partial charge in [0.25, 0.3) is 0 Å². The van der Waals surface area contributed by atoms with Crippen molar-refractivity contribution >= 4 is 163 Å². The van der Waals surface area contributed by atoms with Crippen LogP contribution in [-0.2, 0) is 46.5 Å². The third-order valence-electron chi connectivity index (χ3n) is 14.0. The van der Waals surface area contributed by atoms with Gasteiger partial charge in [-0.15, -0.1) is 79.4 Å². The highest BCUT2D eigenvalue weighted by atomic mass is 32.1. The number of benzene rings is 5. The van der Waals surface area contributed by atoms with Gasteiger partial charge < -0.3 is 16.4 Å². The quantitative estimate of drug-likeness (QED) is 0.146. The van der Waals surface area contributed by atoms with Gasteiger partial charge in [0.1, 0.15) is 35.8 Å². The van der Waals surface area contributed by atoms with Crippen LogP contribution in [0.25, 0.3) is 82.7 Å². The van der Waals surface area contributed by atoms with Crippen LogP contribution in [-0.4, -0.2) is 37.5 Å². The van der Waals surface area contributed by atoms with Gasteiger partial charge in [0.2, 0.25) is 11.8 Å². The van der Waals surface area contributed by atoms with Crippen molar-refractivity contribution in [2.75, 3.05) is 16.4 Å². The van der Waals surface area contributed by atoms with Crippen LogP contribution in [0.15, 0.2) is 121 Å². The maximum absolute atomic E-state index is 11.6. The number of aromatic nitrogens is 4. The Kier molecular flexibility index (Phi) is 20.5. The van der Waals surface area contributed by atoms with Gasteiger partial charge in [-0.2, -0.15) is 5.26 Å². The van der Waals surface area contributed by atoms with E-state index in [1.165, 1.54) is 81.3 Å². The average Bonchev–Trinajstić information content (AvgIpc) is 2.36. The summed E-state index contributed by atoms with van der Waals surface area (Å²) in [7, 11) is 0. The summed E-state index contributed by atoms with van der Waals surface area (Å²) >= 11 is 11.8. The van der Waals surface area contributed by atoms with Gasteiger partial charge in [0.05, 0.1) is 63.9 Å². The Morgan fingerprint density at radius 3 is 1.38 bits per heavy atom. The van der Waals surface area contributed by atoms with E-state index in [1.54, 1.807) is 86.3 Å². The second-order valence-electron chi connectivity index (χ2n) is 20.0. The highest BCUT2D eigenvalue weighted by molar-refractivity contribution is 7.26. The van der Waals surface area contributed by atoms with Crippen LogP contribution in [0.4, 0.5) is 15.0 Å². The van der Waals surface area contributed by atoms with Crippen molar-refractivity contribution in [1.82, 2.24) is 19.9 Å². The Bertz CT molecular complexity index is 4180. The second-order valence-corrected chi connectivity index (χ2v) is 27.5. The highest BCUT2D eigenvalue weighted by Gasteiger charge is 2.26. The zero-order valence-corrected chi connectivity index (χ0v) is 51.1. The minimum atomic E-state index is -0.0612. The molecule has 1 fully saturated rings. The average molecular weight is 1250 g/mol. The molecule has 5 aromatic carbocycles. The monoisotopic (exact) mass is 1250 g/mol. The van der Waals surface area contributed by atoms with Crippen LogP contribution in [0.2, 0.25) is 0 Å². The van der Waals surface area contributed by atoms with Crippen LogP contribution in [0.5, 0.6) is 0 Å². The molecule has 0 saturated heterocycles. The van der Waals surface area contributed by atoms with E-state index in [-0.39, 0.29) is 26.7 Å². The largest absolute Gasteiger partial charge is 0.390 e. The van der Waals surface area contributed by atoms with Crippen molar-refractivity contribution in [3.63, 3.8) is 0 Å². The van der Waals surface area contributed by atoms with Crippen LogP contribution in [0.1, 0.15) is 115 Å². The minimum absolute atomic E-state index is 0. The minimum Gasteiger partial charge on any atom is -0.390 e. The van der Waals surface area contributed by atoms with Crippen molar-refractivity contribution < 1.29 is 17.4 Å². The summed E-state index contributed by atoms with van der Waals surface area (Å²) in [6.07, 6.45) is 15.3. The van der Waals surface area contributed by atoms with Crippen LogP contribution < -0.4 is 16.4 Å². The molecule has 3 aliphatic rings. The molecule has 7 heterocycles. The number of hydrogen-bond donors (Lipinski definition) is 3. The normalized spacial score (nSPS) is 13.3. The van der Waals surface area contributed by atoms with E-state index in [1.807, 2.05) is 78.9 Å². The summed E-state index contributed by atoms with van der Waals surface area (Å²) in [5.41, 5.74) is 16.6. The lowest BCUT2D eigenvalue weighted by Crippen LogP contribution is -2.05. The summed E-state index contributed by atoms with van der Waals surface area (Å²) in [5.74, 6) is 0.390. The molecular weight excluding hydrogens is 1180 g/mol. The van der Waals surface area contributed by atoms with Crippen molar-refractivity contribution in [1.29, 1.82) is 5.26 Å². The zero-order chi connectivity index (χ0) is 58.5. The molecule has 18 heteroatoms. The predicted octanol–water partition coefficient (Wildman–Crippen LogP) is 19.9. The summed E-state index contributed by atoms with van der Waals surface area (Å²) in [6.45, 7) is 3.10. The van der Waals surface area contributed by atoms with E-state index < -0.39 is 0 Å². The Labute approximate surface area is 521 Å². The molecular formula is C66H68N8O3S7. The molecule has 1 saturated carbocycles. The number of carbonyl (C=O) groups excluding carboxylic acids is 3. The SMILES string of the molecule is C.C.CC(=O)Nc1sc2c(c1-c1nc3ccccc3s1)CCCC2.CC(=O)Nc1sc2ccccc2c1-c1nc2ccccc2s1.N#CCc1nc2ccccc2s1.Nc1sc2c(c1-c1nc3ccccc3s1)CCCC2.O=C1CCCCC1.[2H][2H]. The number of hydrogen-bond acceptors (Lipinski definition) is 16. The van der Waals surface area contributed by atoms with E-state index in [2.05, 4.69) is 64.2 Å². The van der Waals surface area contributed by atoms with Gasteiger partial charge in [0.15, 0.2) is 0 Å². The molecule has 0 unspecified atom stereocenters. The number of nitrogens with one attached hydrogen (secondary N) is 2. The first kappa shape index (κ1) is 60.1. The summed E-state index contributed by atoms with van der Waals surface area (Å²) in [6, 6.07) is 42.8. The fourth-order valence-electron chi connectivity index (χ4n) is 10.3. The molecule has 7 aromatic heterocycles. The van der Waals surface area contributed by atoms with Gasteiger partial charge in [-0.25, -0.2) is 19.9 Å².